The maximum atomic E-state index is 12.1. The van der Waals surface area contributed by atoms with Gasteiger partial charge in [0.05, 0.1) is 0 Å². The molecule has 20 heavy (non-hydrogen) atoms. The van der Waals surface area contributed by atoms with Gasteiger partial charge in [-0.25, -0.2) is 13.1 Å². The summed E-state index contributed by atoms with van der Waals surface area (Å²) in [7, 11) is -3.60. The van der Waals surface area contributed by atoms with E-state index in [-0.39, 0.29) is 23.1 Å². The molecule has 0 unspecified atom stereocenters. The van der Waals surface area contributed by atoms with Gasteiger partial charge in [0.1, 0.15) is 10.6 Å². The highest BCUT2D eigenvalue weighted by atomic mass is 32.2. The second kappa shape index (κ2) is 5.92. The van der Waals surface area contributed by atoms with Crippen LogP contribution in [-0.4, -0.2) is 44.0 Å². The molecule has 1 fully saturated rings. The molecule has 112 valence electrons. The van der Waals surface area contributed by atoms with Crippen LogP contribution in [0.15, 0.2) is 9.42 Å². The average molecular weight is 301 g/mol. The summed E-state index contributed by atoms with van der Waals surface area (Å²) in [4.78, 5) is 13.3. The van der Waals surface area contributed by atoms with Crippen LogP contribution in [0.4, 0.5) is 0 Å². The van der Waals surface area contributed by atoms with Crippen molar-refractivity contribution in [2.75, 3.05) is 19.6 Å². The summed E-state index contributed by atoms with van der Waals surface area (Å²) in [6, 6.07) is 0. The van der Waals surface area contributed by atoms with Gasteiger partial charge in [-0.2, -0.15) is 0 Å². The molecule has 0 radical (unpaired) electrons. The van der Waals surface area contributed by atoms with E-state index in [9.17, 15) is 13.2 Å². The van der Waals surface area contributed by atoms with Crippen molar-refractivity contribution in [2.45, 2.75) is 38.0 Å². The van der Waals surface area contributed by atoms with E-state index >= 15 is 0 Å². The van der Waals surface area contributed by atoms with Crippen molar-refractivity contribution in [1.82, 2.24) is 14.8 Å². The SMILES string of the molecule is Cc1noc(C)c1S(=O)(=O)NCCCN1CCCC1=O. The highest BCUT2D eigenvalue weighted by Crippen LogP contribution is 2.18. The van der Waals surface area contributed by atoms with E-state index in [1.807, 2.05) is 0 Å². The molecule has 0 bridgehead atoms. The zero-order valence-corrected chi connectivity index (χ0v) is 12.5. The number of aryl methyl sites for hydroxylation is 2. The largest absolute Gasteiger partial charge is 0.360 e. The van der Waals surface area contributed by atoms with Crippen LogP contribution in [0.25, 0.3) is 0 Å². The van der Waals surface area contributed by atoms with Crippen LogP contribution in [-0.2, 0) is 14.8 Å². The van der Waals surface area contributed by atoms with Crippen molar-refractivity contribution < 1.29 is 17.7 Å². The first kappa shape index (κ1) is 15.0. The number of sulfonamides is 1. The Morgan fingerprint density at radius 3 is 2.70 bits per heavy atom. The summed E-state index contributed by atoms with van der Waals surface area (Å²) in [6.07, 6.45) is 2.09. The zero-order chi connectivity index (χ0) is 14.8. The van der Waals surface area contributed by atoms with E-state index in [1.54, 1.807) is 18.7 Å². The van der Waals surface area contributed by atoms with Gasteiger partial charge >= 0.3 is 0 Å². The van der Waals surface area contributed by atoms with Crippen LogP contribution >= 0.6 is 0 Å². The summed E-state index contributed by atoms with van der Waals surface area (Å²) in [5.41, 5.74) is 0.352. The molecule has 7 nitrogen and oxygen atoms in total. The Kier molecular flexibility index (Phi) is 4.44. The van der Waals surface area contributed by atoms with E-state index in [0.29, 0.717) is 25.1 Å². The van der Waals surface area contributed by atoms with Gasteiger partial charge in [-0.05, 0) is 26.7 Å². The molecule has 1 saturated heterocycles. The second-order valence-electron chi connectivity index (χ2n) is 4.89. The quantitative estimate of drug-likeness (QED) is 0.776. The fourth-order valence-electron chi connectivity index (χ4n) is 2.35. The lowest BCUT2D eigenvalue weighted by molar-refractivity contribution is -0.127. The van der Waals surface area contributed by atoms with Gasteiger partial charge in [0.2, 0.25) is 15.9 Å². The molecule has 0 spiro atoms. The minimum absolute atomic E-state index is 0.106. The molecule has 1 aliphatic heterocycles. The van der Waals surface area contributed by atoms with Crippen LogP contribution in [0, 0.1) is 13.8 Å². The fourth-order valence-corrected chi connectivity index (χ4v) is 3.75. The normalized spacial score (nSPS) is 16.1. The van der Waals surface area contributed by atoms with Gasteiger partial charge in [-0.3, -0.25) is 4.79 Å². The standard InChI is InChI=1S/C12H19N3O4S/c1-9-12(10(2)19-14-9)20(17,18)13-6-4-8-15-7-3-5-11(15)16/h13H,3-8H2,1-2H3. The number of rotatable bonds is 6. The molecule has 2 heterocycles. The third kappa shape index (κ3) is 3.18. The highest BCUT2D eigenvalue weighted by Gasteiger charge is 2.24. The molecule has 0 aliphatic carbocycles. The first-order valence-corrected chi connectivity index (χ1v) is 8.10. The van der Waals surface area contributed by atoms with Gasteiger partial charge < -0.3 is 9.42 Å². The third-order valence-corrected chi connectivity index (χ3v) is 5.01. The van der Waals surface area contributed by atoms with Gasteiger partial charge in [0.15, 0.2) is 5.76 Å². The molecule has 1 aromatic rings. The number of hydrogen-bond donors (Lipinski definition) is 1. The highest BCUT2D eigenvalue weighted by molar-refractivity contribution is 7.89. The van der Waals surface area contributed by atoms with Gasteiger partial charge in [-0.15, -0.1) is 0 Å². The number of likely N-dealkylation sites (tertiary alicyclic amines) is 1. The minimum Gasteiger partial charge on any atom is -0.360 e. The van der Waals surface area contributed by atoms with Crippen molar-refractivity contribution in [1.29, 1.82) is 0 Å². The van der Waals surface area contributed by atoms with Crippen molar-refractivity contribution in [3.05, 3.63) is 11.5 Å². The van der Waals surface area contributed by atoms with Crippen molar-refractivity contribution >= 4 is 15.9 Å². The number of amides is 1. The monoisotopic (exact) mass is 301 g/mol. The summed E-state index contributed by atoms with van der Waals surface area (Å²) >= 11 is 0. The lowest BCUT2D eigenvalue weighted by Crippen LogP contribution is -2.31. The maximum Gasteiger partial charge on any atom is 0.245 e. The van der Waals surface area contributed by atoms with Crippen molar-refractivity contribution in [3.8, 4) is 0 Å². The topological polar surface area (TPSA) is 92.5 Å². The Morgan fingerprint density at radius 2 is 2.15 bits per heavy atom. The lowest BCUT2D eigenvalue weighted by atomic mass is 10.4. The van der Waals surface area contributed by atoms with E-state index < -0.39 is 10.0 Å². The van der Waals surface area contributed by atoms with Gasteiger partial charge in [0.25, 0.3) is 0 Å². The molecular weight excluding hydrogens is 282 g/mol. The van der Waals surface area contributed by atoms with E-state index in [1.165, 1.54) is 0 Å². The summed E-state index contributed by atoms with van der Waals surface area (Å²) in [5, 5.41) is 3.64. The molecule has 1 N–H and O–H groups in total. The maximum absolute atomic E-state index is 12.1. The number of carbonyl (C=O) groups excluding carboxylic acids is 1. The van der Waals surface area contributed by atoms with Crippen LogP contribution < -0.4 is 4.72 Å². The predicted molar refractivity (Wildman–Crippen MR) is 71.6 cm³/mol. The van der Waals surface area contributed by atoms with Crippen LogP contribution in [0.2, 0.25) is 0 Å². The van der Waals surface area contributed by atoms with Crippen LogP contribution in [0.1, 0.15) is 30.7 Å². The van der Waals surface area contributed by atoms with E-state index in [0.717, 1.165) is 13.0 Å². The van der Waals surface area contributed by atoms with E-state index in [2.05, 4.69) is 9.88 Å². The smallest absolute Gasteiger partial charge is 0.245 e. The minimum atomic E-state index is -3.60. The Hall–Kier alpha value is -1.41. The summed E-state index contributed by atoms with van der Waals surface area (Å²) < 4.78 is 31.6. The number of nitrogens with zero attached hydrogens (tertiary/aromatic N) is 2. The van der Waals surface area contributed by atoms with E-state index in [4.69, 9.17) is 4.52 Å². The lowest BCUT2D eigenvalue weighted by Gasteiger charge is -2.15. The number of hydrogen-bond acceptors (Lipinski definition) is 5. The molecular formula is C12H19N3O4S. The van der Waals surface area contributed by atoms with Crippen molar-refractivity contribution in [3.63, 3.8) is 0 Å². The molecule has 0 saturated carbocycles. The zero-order valence-electron chi connectivity index (χ0n) is 11.7. The Bertz CT molecular complexity index is 574. The average Bonchev–Trinajstić information content (AvgIpc) is 2.92. The summed E-state index contributed by atoms with van der Waals surface area (Å²) in [5.74, 6) is 0.434. The molecule has 8 heteroatoms. The molecule has 0 atom stereocenters. The molecule has 1 amide bonds. The Morgan fingerprint density at radius 1 is 1.40 bits per heavy atom. The predicted octanol–water partition coefficient (Wildman–Crippen LogP) is 0.582. The first-order chi connectivity index (χ1) is 9.42. The number of nitrogens with one attached hydrogen (secondary N) is 1. The Labute approximate surface area is 118 Å². The number of aromatic nitrogens is 1. The van der Waals surface area contributed by atoms with Crippen LogP contribution in [0.3, 0.4) is 0 Å². The number of carbonyl (C=O) groups is 1. The summed E-state index contributed by atoms with van der Waals surface area (Å²) in [6.45, 7) is 4.81. The Balaban J connectivity index is 1.86. The van der Waals surface area contributed by atoms with Crippen LogP contribution in [0.5, 0.6) is 0 Å². The molecule has 1 aliphatic rings. The fraction of sp³-hybridized carbons (Fsp3) is 0.667. The molecule has 2 rings (SSSR count). The molecule has 0 aromatic carbocycles. The molecule has 1 aromatic heterocycles. The third-order valence-electron chi connectivity index (χ3n) is 3.30. The first-order valence-electron chi connectivity index (χ1n) is 6.62. The van der Waals surface area contributed by atoms with Gasteiger partial charge in [-0.1, -0.05) is 5.16 Å². The van der Waals surface area contributed by atoms with Gasteiger partial charge in [0, 0.05) is 26.1 Å². The second-order valence-corrected chi connectivity index (χ2v) is 6.59. The van der Waals surface area contributed by atoms with Crippen molar-refractivity contribution in [2.24, 2.45) is 0 Å².